The summed E-state index contributed by atoms with van der Waals surface area (Å²) in [6.45, 7) is 2.12. The summed E-state index contributed by atoms with van der Waals surface area (Å²) in [5, 5.41) is 8.84. The highest BCUT2D eigenvalue weighted by Crippen LogP contribution is 2.32. The van der Waals surface area contributed by atoms with Crippen LogP contribution in [0.5, 0.6) is 0 Å². The number of hydrogen-bond acceptors (Lipinski definition) is 3. The third-order valence-corrected chi connectivity index (χ3v) is 2.15. The van der Waals surface area contributed by atoms with Gasteiger partial charge in [-0.25, -0.2) is 13.6 Å². The van der Waals surface area contributed by atoms with Crippen molar-refractivity contribution in [3.63, 3.8) is 0 Å². The molecule has 0 saturated carbocycles. The largest absolute Gasteiger partial charge is 0.445 e. The van der Waals surface area contributed by atoms with E-state index in [0.717, 1.165) is 4.90 Å². The predicted octanol–water partition coefficient (Wildman–Crippen LogP) is 1.01. The first-order valence-corrected chi connectivity index (χ1v) is 4.53. The Labute approximate surface area is 86.1 Å². The van der Waals surface area contributed by atoms with Crippen molar-refractivity contribution in [2.75, 3.05) is 19.8 Å². The Morgan fingerprint density at radius 3 is 2.93 bits per heavy atom. The number of aliphatic hydroxyl groups excluding tert-OH is 1. The molecule has 1 heterocycles. The molecular formula is C9H13F2NO3. The lowest BCUT2D eigenvalue weighted by molar-refractivity contribution is 0.0110. The number of rotatable bonds is 3. The van der Waals surface area contributed by atoms with Crippen LogP contribution in [0.1, 0.15) is 6.42 Å². The molecular weight excluding hydrogens is 208 g/mol. The van der Waals surface area contributed by atoms with Gasteiger partial charge in [-0.2, -0.15) is 0 Å². The number of carbonyl (C=O) groups is 1. The zero-order valence-corrected chi connectivity index (χ0v) is 8.16. The molecule has 0 radical (unpaired) electrons. The molecule has 1 aliphatic rings. The topological polar surface area (TPSA) is 49.8 Å². The molecule has 0 aliphatic carbocycles. The molecule has 0 bridgehead atoms. The number of carbonyl (C=O) groups excluding carboxylic acids is 1. The minimum absolute atomic E-state index is 0.0287. The van der Waals surface area contributed by atoms with Gasteiger partial charge in [0.15, 0.2) is 0 Å². The minimum atomic E-state index is -2.94. The van der Waals surface area contributed by atoms with Crippen LogP contribution in [0.2, 0.25) is 0 Å². The average molecular weight is 221 g/mol. The van der Waals surface area contributed by atoms with Crippen LogP contribution in [0, 0.1) is 0 Å². The molecule has 1 atom stereocenters. The molecule has 0 aromatic heterocycles. The molecule has 86 valence electrons. The van der Waals surface area contributed by atoms with E-state index in [1.165, 1.54) is 6.08 Å². The van der Waals surface area contributed by atoms with Crippen molar-refractivity contribution in [3.05, 3.63) is 12.7 Å². The summed E-state index contributed by atoms with van der Waals surface area (Å²) in [6.07, 6.45) is -0.0154. The van der Waals surface area contributed by atoms with Gasteiger partial charge >= 0.3 is 6.09 Å². The van der Waals surface area contributed by atoms with Gasteiger partial charge in [-0.15, -0.1) is 0 Å². The molecule has 1 saturated heterocycles. The van der Waals surface area contributed by atoms with Crippen LogP contribution in [0.3, 0.4) is 0 Å². The summed E-state index contributed by atoms with van der Waals surface area (Å²) in [5.41, 5.74) is 0. The van der Waals surface area contributed by atoms with E-state index < -0.39 is 37.6 Å². The van der Waals surface area contributed by atoms with Crippen molar-refractivity contribution in [1.29, 1.82) is 0 Å². The first-order chi connectivity index (χ1) is 7.00. The van der Waals surface area contributed by atoms with Gasteiger partial charge in [0.1, 0.15) is 6.61 Å². The van der Waals surface area contributed by atoms with Crippen LogP contribution in [0.25, 0.3) is 0 Å². The number of halogens is 2. The van der Waals surface area contributed by atoms with Crippen LogP contribution >= 0.6 is 0 Å². The smallest absolute Gasteiger partial charge is 0.410 e. The van der Waals surface area contributed by atoms with E-state index >= 15 is 0 Å². The fourth-order valence-corrected chi connectivity index (χ4v) is 1.49. The predicted molar refractivity (Wildman–Crippen MR) is 48.7 cm³/mol. The summed E-state index contributed by atoms with van der Waals surface area (Å²) in [5.74, 6) is -2.94. The van der Waals surface area contributed by atoms with Crippen LogP contribution in [-0.4, -0.2) is 47.8 Å². The molecule has 0 unspecified atom stereocenters. The summed E-state index contributed by atoms with van der Waals surface area (Å²) >= 11 is 0. The van der Waals surface area contributed by atoms with Crippen molar-refractivity contribution in [1.82, 2.24) is 4.90 Å². The normalized spacial score (nSPS) is 23.9. The maximum Gasteiger partial charge on any atom is 0.410 e. The molecule has 1 aliphatic heterocycles. The van der Waals surface area contributed by atoms with Gasteiger partial charge in [0.2, 0.25) is 0 Å². The highest BCUT2D eigenvalue weighted by Gasteiger charge is 2.47. The lowest BCUT2D eigenvalue weighted by Crippen LogP contribution is -2.38. The van der Waals surface area contributed by atoms with Gasteiger partial charge < -0.3 is 9.84 Å². The van der Waals surface area contributed by atoms with Gasteiger partial charge in [-0.05, 0) is 0 Å². The van der Waals surface area contributed by atoms with E-state index in [4.69, 9.17) is 5.11 Å². The number of ether oxygens (including phenoxy) is 1. The molecule has 6 heteroatoms. The van der Waals surface area contributed by atoms with Gasteiger partial charge in [-0.1, -0.05) is 12.7 Å². The molecule has 1 N–H and O–H groups in total. The van der Waals surface area contributed by atoms with Crippen LogP contribution < -0.4 is 0 Å². The van der Waals surface area contributed by atoms with Gasteiger partial charge in [0.05, 0.1) is 19.2 Å². The fourth-order valence-electron chi connectivity index (χ4n) is 1.49. The number of aliphatic hydroxyl groups is 1. The standard InChI is InChI=1S/C9H13F2NO3/c1-2-3-15-8(14)12-6-9(10,11)4-7(12)5-13/h2,7,13H,1,3-6H2/t7-/m0/s1. The molecule has 1 amide bonds. The summed E-state index contributed by atoms with van der Waals surface area (Å²) < 4.78 is 30.5. The van der Waals surface area contributed by atoms with Gasteiger partial charge in [0, 0.05) is 6.42 Å². The van der Waals surface area contributed by atoms with Crippen LogP contribution in [0.15, 0.2) is 12.7 Å². The Kier molecular flexibility index (Phi) is 3.62. The third-order valence-electron chi connectivity index (χ3n) is 2.15. The maximum absolute atomic E-state index is 12.9. The lowest BCUT2D eigenvalue weighted by atomic mass is 10.2. The molecule has 15 heavy (non-hydrogen) atoms. The van der Waals surface area contributed by atoms with Crippen molar-refractivity contribution in [2.45, 2.75) is 18.4 Å². The Hall–Kier alpha value is -1.17. The van der Waals surface area contributed by atoms with Crippen molar-refractivity contribution >= 4 is 6.09 Å². The zero-order valence-electron chi connectivity index (χ0n) is 8.16. The average Bonchev–Trinajstić information content (AvgIpc) is 2.50. The minimum Gasteiger partial charge on any atom is -0.445 e. The van der Waals surface area contributed by atoms with Gasteiger partial charge in [-0.3, -0.25) is 4.90 Å². The zero-order chi connectivity index (χ0) is 11.5. The lowest BCUT2D eigenvalue weighted by Gasteiger charge is -2.20. The van der Waals surface area contributed by atoms with E-state index in [1.807, 2.05) is 0 Å². The number of amides is 1. The number of likely N-dealkylation sites (tertiary alicyclic amines) is 1. The summed E-state index contributed by atoms with van der Waals surface area (Å²) in [6, 6.07) is -0.864. The fraction of sp³-hybridized carbons (Fsp3) is 0.667. The monoisotopic (exact) mass is 221 g/mol. The van der Waals surface area contributed by atoms with Gasteiger partial charge in [0.25, 0.3) is 5.92 Å². The molecule has 1 rings (SSSR count). The van der Waals surface area contributed by atoms with E-state index in [1.54, 1.807) is 0 Å². The van der Waals surface area contributed by atoms with E-state index in [9.17, 15) is 13.6 Å². The van der Waals surface area contributed by atoms with Crippen LogP contribution in [-0.2, 0) is 4.74 Å². The SMILES string of the molecule is C=CCOC(=O)N1CC(F)(F)C[C@H]1CO. The molecule has 0 aromatic carbocycles. The number of nitrogens with zero attached hydrogens (tertiary/aromatic N) is 1. The van der Waals surface area contributed by atoms with Crippen molar-refractivity contribution in [3.8, 4) is 0 Å². The highest BCUT2D eigenvalue weighted by atomic mass is 19.3. The molecule has 4 nitrogen and oxygen atoms in total. The van der Waals surface area contributed by atoms with Crippen LogP contribution in [0.4, 0.5) is 13.6 Å². The van der Waals surface area contributed by atoms with E-state index in [2.05, 4.69) is 11.3 Å². The quantitative estimate of drug-likeness (QED) is 0.723. The Morgan fingerprint density at radius 1 is 1.73 bits per heavy atom. The molecule has 0 aromatic rings. The molecule has 0 spiro atoms. The van der Waals surface area contributed by atoms with E-state index in [0.29, 0.717) is 0 Å². The third kappa shape index (κ3) is 2.89. The maximum atomic E-state index is 12.9. The van der Waals surface area contributed by atoms with E-state index in [-0.39, 0.29) is 6.61 Å². The Bertz CT molecular complexity index is 258. The van der Waals surface area contributed by atoms with Crippen molar-refractivity contribution < 1.29 is 23.4 Å². The Morgan fingerprint density at radius 2 is 2.40 bits per heavy atom. The summed E-state index contributed by atoms with van der Waals surface area (Å²) in [7, 11) is 0. The Balaban J connectivity index is 2.59. The second kappa shape index (κ2) is 4.57. The number of hydrogen-bond donors (Lipinski definition) is 1. The first kappa shape index (κ1) is 11.9. The first-order valence-electron chi connectivity index (χ1n) is 4.53. The second-order valence-electron chi connectivity index (χ2n) is 3.39. The highest BCUT2D eigenvalue weighted by molar-refractivity contribution is 5.68. The summed E-state index contributed by atoms with van der Waals surface area (Å²) in [4.78, 5) is 12.1. The number of alkyl halides is 2. The second-order valence-corrected chi connectivity index (χ2v) is 3.39. The van der Waals surface area contributed by atoms with Crippen molar-refractivity contribution in [2.24, 2.45) is 0 Å². The molecule has 1 fully saturated rings.